The molecule has 0 saturated heterocycles. The van der Waals surface area contributed by atoms with E-state index in [-0.39, 0.29) is 0 Å². The smallest absolute Gasteiger partial charge is 0.151 e. The molecule has 0 amide bonds. The van der Waals surface area contributed by atoms with E-state index in [4.69, 9.17) is 0 Å². The van der Waals surface area contributed by atoms with E-state index in [2.05, 4.69) is 35.1 Å². The monoisotopic (exact) mass is 247 g/mol. The van der Waals surface area contributed by atoms with E-state index in [1.165, 1.54) is 19.3 Å². The molecule has 2 atom stereocenters. The van der Waals surface area contributed by atoms with Crippen molar-refractivity contribution >= 4 is 11.5 Å². The minimum atomic E-state index is 0.589. The van der Waals surface area contributed by atoms with Gasteiger partial charge in [-0.15, -0.1) is 0 Å². The molecule has 1 aromatic rings. The summed E-state index contributed by atoms with van der Waals surface area (Å²) in [6.07, 6.45) is 5.76. The van der Waals surface area contributed by atoms with E-state index < -0.39 is 0 Å². The lowest BCUT2D eigenvalue weighted by Crippen LogP contribution is -2.31. The molecule has 1 aromatic heterocycles. The Morgan fingerprint density at radius 2 is 1.83 bits per heavy atom. The number of hydrogen-bond donors (Lipinski definition) is 1. The third-order valence-corrected chi connectivity index (χ3v) is 3.75. The minimum absolute atomic E-state index is 0.589. The van der Waals surface area contributed by atoms with Crippen molar-refractivity contribution in [1.29, 1.82) is 0 Å². The maximum atomic E-state index is 4.45. The molecule has 2 rings (SSSR count). The maximum absolute atomic E-state index is 4.45. The van der Waals surface area contributed by atoms with Crippen LogP contribution in [-0.4, -0.2) is 25.1 Å². The van der Waals surface area contributed by atoms with Gasteiger partial charge in [0.05, 0.1) is 5.69 Å². The molecule has 0 spiro atoms. The fourth-order valence-electron chi connectivity index (χ4n) is 3.15. The van der Waals surface area contributed by atoms with Gasteiger partial charge in [-0.3, -0.25) is 0 Å². The molecular weight excluding hydrogens is 222 g/mol. The summed E-state index contributed by atoms with van der Waals surface area (Å²) in [4.78, 5) is 6.51. The van der Waals surface area contributed by atoms with Gasteiger partial charge in [-0.25, -0.2) is 4.98 Å². The Hall–Kier alpha value is -1.25. The molecule has 1 aliphatic rings. The quantitative estimate of drug-likeness (QED) is 0.887. The van der Waals surface area contributed by atoms with Crippen LogP contribution in [-0.2, 0) is 0 Å². The highest BCUT2D eigenvalue weighted by Gasteiger charge is 2.24. The van der Waals surface area contributed by atoms with Crippen LogP contribution in [0.2, 0.25) is 0 Å². The third kappa shape index (κ3) is 3.15. The summed E-state index contributed by atoms with van der Waals surface area (Å²) in [5.41, 5.74) is 1.16. The number of anilines is 2. The third-order valence-electron chi connectivity index (χ3n) is 3.75. The molecular formula is C15H25N3. The molecule has 0 aliphatic heterocycles. The predicted octanol–water partition coefficient (Wildman–Crippen LogP) is 3.38. The Kier molecular flexibility index (Phi) is 4.10. The Balaban J connectivity index is 2.09. The van der Waals surface area contributed by atoms with E-state index in [1.807, 2.05) is 26.4 Å². The molecule has 0 bridgehead atoms. The lowest BCUT2D eigenvalue weighted by atomic mass is 9.80. The molecule has 100 valence electrons. The summed E-state index contributed by atoms with van der Waals surface area (Å²) in [5.74, 6) is 2.68. The second-order valence-electron chi connectivity index (χ2n) is 6.03. The molecule has 0 radical (unpaired) electrons. The fraction of sp³-hybridized carbons (Fsp3) is 0.667. The van der Waals surface area contributed by atoms with Crippen LogP contribution in [0.4, 0.5) is 11.5 Å². The Morgan fingerprint density at radius 3 is 2.44 bits per heavy atom. The summed E-state index contributed by atoms with van der Waals surface area (Å²) >= 11 is 0. The second kappa shape index (κ2) is 5.59. The summed E-state index contributed by atoms with van der Waals surface area (Å²) in [6, 6.07) is 4.73. The standard InChI is InChI=1S/C15H25N3/c1-11-8-12(2)10-13(9-11)17-14-6-5-7-16-15(14)18(3)4/h5-7,11-13,17H,8-10H2,1-4H3. The maximum Gasteiger partial charge on any atom is 0.151 e. The first kappa shape index (κ1) is 13.2. The first-order valence-electron chi connectivity index (χ1n) is 6.95. The molecule has 1 saturated carbocycles. The summed E-state index contributed by atoms with van der Waals surface area (Å²) in [6.45, 7) is 4.72. The predicted molar refractivity (Wildman–Crippen MR) is 78.2 cm³/mol. The number of nitrogens with one attached hydrogen (secondary N) is 1. The van der Waals surface area contributed by atoms with Crippen molar-refractivity contribution in [3.05, 3.63) is 18.3 Å². The van der Waals surface area contributed by atoms with Gasteiger partial charge < -0.3 is 10.2 Å². The van der Waals surface area contributed by atoms with E-state index in [0.717, 1.165) is 23.3 Å². The first-order chi connectivity index (χ1) is 8.56. The zero-order valence-electron chi connectivity index (χ0n) is 12.0. The van der Waals surface area contributed by atoms with Crippen molar-refractivity contribution in [1.82, 2.24) is 4.98 Å². The van der Waals surface area contributed by atoms with Crippen LogP contribution in [0, 0.1) is 11.8 Å². The molecule has 1 aliphatic carbocycles. The van der Waals surface area contributed by atoms with Crippen LogP contribution < -0.4 is 10.2 Å². The van der Waals surface area contributed by atoms with Crippen LogP contribution in [0.15, 0.2) is 18.3 Å². The van der Waals surface area contributed by atoms with Crippen molar-refractivity contribution in [2.45, 2.75) is 39.2 Å². The van der Waals surface area contributed by atoms with Gasteiger partial charge in [0.15, 0.2) is 5.82 Å². The topological polar surface area (TPSA) is 28.2 Å². The van der Waals surface area contributed by atoms with Gasteiger partial charge in [0, 0.05) is 26.3 Å². The van der Waals surface area contributed by atoms with Gasteiger partial charge in [0.25, 0.3) is 0 Å². The molecule has 1 heterocycles. The SMILES string of the molecule is CC1CC(C)CC(Nc2cccnc2N(C)C)C1. The highest BCUT2D eigenvalue weighted by Crippen LogP contribution is 2.32. The van der Waals surface area contributed by atoms with Crippen molar-refractivity contribution in [2.75, 3.05) is 24.3 Å². The molecule has 3 nitrogen and oxygen atoms in total. The molecule has 1 N–H and O–H groups in total. The summed E-state index contributed by atoms with van der Waals surface area (Å²) in [7, 11) is 4.08. The Labute approximate surface area is 111 Å². The molecule has 2 unspecified atom stereocenters. The van der Waals surface area contributed by atoms with Crippen molar-refractivity contribution in [2.24, 2.45) is 11.8 Å². The fourth-order valence-corrected chi connectivity index (χ4v) is 3.15. The highest BCUT2D eigenvalue weighted by atomic mass is 15.2. The highest BCUT2D eigenvalue weighted by molar-refractivity contribution is 5.65. The lowest BCUT2D eigenvalue weighted by molar-refractivity contribution is 0.281. The number of aromatic nitrogens is 1. The van der Waals surface area contributed by atoms with Crippen LogP contribution >= 0.6 is 0 Å². The van der Waals surface area contributed by atoms with Crippen molar-refractivity contribution in [3.63, 3.8) is 0 Å². The van der Waals surface area contributed by atoms with E-state index in [9.17, 15) is 0 Å². The van der Waals surface area contributed by atoms with Crippen LogP contribution in [0.1, 0.15) is 33.1 Å². The van der Waals surface area contributed by atoms with Gasteiger partial charge >= 0.3 is 0 Å². The Bertz CT molecular complexity index is 379. The zero-order valence-corrected chi connectivity index (χ0v) is 12.0. The van der Waals surface area contributed by atoms with Crippen LogP contribution in [0.5, 0.6) is 0 Å². The van der Waals surface area contributed by atoms with E-state index in [0.29, 0.717) is 6.04 Å². The number of pyridine rings is 1. The van der Waals surface area contributed by atoms with E-state index in [1.54, 1.807) is 0 Å². The molecule has 0 aromatic carbocycles. The molecule has 18 heavy (non-hydrogen) atoms. The number of rotatable bonds is 3. The molecule has 1 fully saturated rings. The summed E-state index contributed by atoms with van der Waals surface area (Å²) < 4.78 is 0. The van der Waals surface area contributed by atoms with E-state index >= 15 is 0 Å². The minimum Gasteiger partial charge on any atom is -0.379 e. The van der Waals surface area contributed by atoms with Crippen molar-refractivity contribution < 1.29 is 0 Å². The number of hydrogen-bond acceptors (Lipinski definition) is 3. The zero-order chi connectivity index (χ0) is 13.1. The summed E-state index contributed by atoms with van der Waals surface area (Å²) in [5, 5.41) is 3.69. The van der Waals surface area contributed by atoms with Gasteiger partial charge in [-0.2, -0.15) is 0 Å². The largest absolute Gasteiger partial charge is 0.379 e. The lowest BCUT2D eigenvalue weighted by Gasteiger charge is -2.33. The first-order valence-corrected chi connectivity index (χ1v) is 6.95. The Morgan fingerprint density at radius 1 is 1.17 bits per heavy atom. The second-order valence-corrected chi connectivity index (χ2v) is 6.03. The number of nitrogens with zero attached hydrogens (tertiary/aromatic N) is 2. The normalized spacial score (nSPS) is 27.9. The average molecular weight is 247 g/mol. The van der Waals surface area contributed by atoms with Gasteiger partial charge in [-0.1, -0.05) is 13.8 Å². The average Bonchev–Trinajstić information content (AvgIpc) is 2.27. The molecule has 3 heteroatoms. The van der Waals surface area contributed by atoms with Gasteiger partial charge in [-0.05, 0) is 43.2 Å². The van der Waals surface area contributed by atoms with Crippen LogP contribution in [0.3, 0.4) is 0 Å². The van der Waals surface area contributed by atoms with Crippen LogP contribution in [0.25, 0.3) is 0 Å². The van der Waals surface area contributed by atoms with Crippen molar-refractivity contribution in [3.8, 4) is 0 Å². The van der Waals surface area contributed by atoms with Gasteiger partial charge in [0.1, 0.15) is 0 Å². The van der Waals surface area contributed by atoms with Gasteiger partial charge in [0.2, 0.25) is 0 Å².